The fourth-order valence-electron chi connectivity index (χ4n) is 4.09. The fourth-order valence-corrected chi connectivity index (χ4v) is 5.50. The number of hydrogen-bond acceptors (Lipinski definition) is 6. The second kappa shape index (κ2) is 11.3. The summed E-state index contributed by atoms with van der Waals surface area (Å²) in [6, 6.07) is 24.1. The Morgan fingerprint density at radius 3 is 2.54 bits per heavy atom. The van der Waals surface area contributed by atoms with Crippen LogP contribution < -0.4 is 9.47 Å². The number of hydrogen-bond donors (Lipinski definition) is 1. The zero-order valence-electron chi connectivity index (χ0n) is 21.1. The van der Waals surface area contributed by atoms with Crippen LogP contribution in [-0.2, 0) is 11.4 Å². The van der Waals surface area contributed by atoms with Crippen LogP contribution in [-0.4, -0.2) is 41.2 Å². The van der Waals surface area contributed by atoms with Crippen LogP contribution >= 0.6 is 27.7 Å². The van der Waals surface area contributed by atoms with Gasteiger partial charge in [-0.25, -0.2) is 9.79 Å². The summed E-state index contributed by atoms with van der Waals surface area (Å²) in [4.78, 5) is 30.5. The summed E-state index contributed by atoms with van der Waals surface area (Å²) in [5, 5.41) is 11.9. The molecule has 0 aromatic heterocycles. The molecule has 1 aliphatic heterocycles. The van der Waals surface area contributed by atoms with Gasteiger partial charge < -0.3 is 14.6 Å². The van der Waals surface area contributed by atoms with Crippen molar-refractivity contribution in [3.63, 3.8) is 0 Å². The van der Waals surface area contributed by atoms with Crippen molar-refractivity contribution in [3.8, 4) is 11.5 Å². The molecule has 1 heterocycles. The molecule has 4 aromatic carbocycles. The summed E-state index contributed by atoms with van der Waals surface area (Å²) < 4.78 is 12.5. The van der Waals surface area contributed by atoms with Gasteiger partial charge in [-0.05, 0) is 76.1 Å². The third kappa shape index (κ3) is 5.69. The van der Waals surface area contributed by atoms with Gasteiger partial charge in [-0.1, -0.05) is 58.4 Å². The van der Waals surface area contributed by atoms with E-state index in [1.807, 2.05) is 36.4 Å². The average Bonchev–Trinajstić information content (AvgIpc) is 3.20. The number of nitrogens with zero attached hydrogens (tertiary/aromatic N) is 2. The average molecular weight is 603 g/mol. The van der Waals surface area contributed by atoms with Crippen LogP contribution in [0.2, 0.25) is 0 Å². The van der Waals surface area contributed by atoms with Gasteiger partial charge in [0.2, 0.25) is 0 Å². The molecule has 0 bridgehead atoms. The van der Waals surface area contributed by atoms with E-state index in [0.717, 1.165) is 26.4 Å². The Kier molecular flexibility index (Phi) is 7.72. The van der Waals surface area contributed by atoms with Crippen LogP contribution in [0.4, 0.5) is 5.69 Å². The van der Waals surface area contributed by atoms with Crippen LogP contribution in [0.5, 0.6) is 11.5 Å². The quantitative estimate of drug-likeness (QED) is 0.226. The summed E-state index contributed by atoms with van der Waals surface area (Å²) in [6.45, 7) is 0.372. The first-order valence-electron chi connectivity index (χ1n) is 11.9. The Morgan fingerprint density at radius 1 is 1.05 bits per heavy atom. The van der Waals surface area contributed by atoms with E-state index in [0.29, 0.717) is 33.9 Å². The molecule has 0 atom stereocenters. The lowest BCUT2D eigenvalue weighted by Gasteiger charge is -2.14. The number of aliphatic imine (C=N–C) groups is 1. The molecule has 1 N–H and O–H groups in total. The number of amidine groups is 1. The number of likely N-dealkylation sites (N-methyl/N-ethyl adjacent to an activating group) is 1. The number of methoxy groups -OCH3 is 1. The van der Waals surface area contributed by atoms with Gasteiger partial charge in [-0.15, -0.1) is 0 Å². The van der Waals surface area contributed by atoms with Gasteiger partial charge in [0.05, 0.1) is 23.3 Å². The molecule has 1 amide bonds. The molecular weight excluding hydrogens is 580 g/mol. The highest BCUT2D eigenvalue weighted by Crippen LogP contribution is 2.39. The number of carbonyl (C=O) groups excluding carboxylic acids is 1. The fraction of sp³-hybridized carbons (Fsp3) is 0.100. The van der Waals surface area contributed by atoms with Gasteiger partial charge in [-0.2, -0.15) is 0 Å². The van der Waals surface area contributed by atoms with Gasteiger partial charge in [0.1, 0.15) is 6.61 Å². The first-order valence-corrected chi connectivity index (χ1v) is 13.5. The minimum atomic E-state index is -1.01. The first-order chi connectivity index (χ1) is 18.8. The molecule has 196 valence electrons. The number of thioether (sulfide) groups is 1. The van der Waals surface area contributed by atoms with Crippen LogP contribution in [0.3, 0.4) is 0 Å². The molecule has 0 saturated carbocycles. The lowest BCUT2D eigenvalue weighted by molar-refractivity contribution is -0.121. The van der Waals surface area contributed by atoms with Crippen LogP contribution in [0.15, 0.2) is 93.2 Å². The maximum absolute atomic E-state index is 13.0. The summed E-state index contributed by atoms with van der Waals surface area (Å²) in [6.07, 6.45) is 1.78. The summed E-state index contributed by atoms with van der Waals surface area (Å²) in [7, 11) is 3.23. The Labute approximate surface area is 237 Å². The largest absolute Gasteiger partial charge is 0.493 e. The molecule has 5 rings (SSSR count). The lowest BCUT2D eigenvalue weighted by Crippen LogP contribution is -2.23. The number of rotatable bonds is 7. The van der Waals surface area contributed by atoms with Crippen molar-refractivity contribution in [3.05, 3.63) is 105 Å². The lowest BCUT2D eigenvalue weighted by atomic mass is 10.1. The first kappa shape index (κ1) is 26.5. The third-order valence-corrected chi connectivity index (χ3v) is 7.92. The highest BCUT2D eigenvalue weighted by atomic mass is 79.9. The second-order valence-electron chi connectivity index (χ2n) is 8.67. The van der Waals surface area contributed by atoms with E-state index in [2.05, 4.69) is 39.1 Å². The number of aromatic carboxylic acids is 1. The zero-order valence-corrected chi connectivity index (χ0v) is 23.5. The Bertz CT molecular complexity index is 1640. The van der Waals surface area contributed by atoms with E-state index in [4.69, 9.17) is 14.6 Å². The maximum Gasteiger partial charge on any atom is 0.335 e. The normalized spacial score (nSPS) is 15.4. The van der Waals surface area contributed by atoms with Gasteiger partial charge in [-0.3, -0.25) is 9.69 Å². The topological polar surface area (TPSA) is 88.4 Å². The number of amides is 1. The van der Waals surface area contributed by atoms with E-state index < -0.39 is 5.97 Å². The molecule has 7 nitrogen and oxygen atoms in total. The molecule has 1 aliphatic rings. The van der Waals surface area contributed by atoms with Crippen LogP contribution in [0.1, 0.15) is 21.5 Å². The predicted octanol–water partition coefficient (Wildman–Crippen LogP) is 7.12. The molecule has 0 radical (unpaired) electrons. The molecule has 39 heavy (non-hydrogen) atoms. The summed E-state index contributed by atoms with van der Waals surface area (Å²) in [5.74, 6) is -0.0773. The van der Waals surface area contributed by atoms with E-state index in [9.17, 15) is 9.59 Å². The Morgan fingerprint density at radius 2 is 1.79 bits per heavy atom. The molecule has 0 aliphatic carbocycles. The molecule has 1 fully saturated rings. The highest BCUT2D eigenvalue weighted by molar-refractivity contribution is 9.10. The van der Waals surface area contributed by atoms with Crippen molar-refractivity contribution in [1.29, 1.82) is 0 Å². The maximum atomic E-state index is 13.0. The highest BCUT2D eigenvalue weighted by Gasteiger charge is 2.30. The molecule has 9 heteroatoms. The SMILES string of the molecule is COc1cc(/C=C2\SC(=Nc3ccc(C(=O)O)cc3)N(C)C2=O)c(Br)cc1OCc1cccc2ccccc12. The van der Waals surface area contributed by atoms with E-state index in [-0.39, 0.29) is 11.5 Å². The third-order valence-electron chi connectivity index (χ3n) is 6.18. The monoisotopic (exact) mass is 602 g/mol. The number of ether oxygens (including phenoxy) is 2. The van der Waals surface area contributed by atoms with Crippen LogP contribution in [0, 0.1) is 0 Å². The van der Waals surface area contributed by atoms with Crippen molar-refractivity contribution < 1.29 is 24.2 Å². The minimum absolute atomic E-state index is 0.173. The number of fused-ring (bicyclic) bond motifs is 1. The number of benzene rings is 4. The number of carboxylic acid groups (broad SMARTS) is 1. The molecule has 4 aromatic rings. The summed E-state index contributed by atoms with van der Waals surface area (Å²) in [5.41, 5.74) is 2.55. The Hall–Kier alpha value is -4.08. The van der Waals surface area contributed by atoms with Crippen molar-refractivity contribution >= 4 is 67.3 Å². The van der Waals surface area contributed by atoms with Gasteiger partial charge in [0, 0.05) is 11.5 Å². The van der Waals surface area contributed by atoms with Crippen molar-refractivity contribution in [1.82, 2.24) is 4.90 Å². The minimum Gasteiger partial charge on any atom is -0.493 e. The molecule has 0 unspecified atom stereocenters. The molecule has 0 spiro atoms. The van der Waals surface area contributed by atoms with Crippen molar-refractivity contribution in [2.45, 2.75) is 6.61 Å². The van der Waals surface area contributed by atoms with E-state index in [1.54, 1.807) is 32.4 Å². The molecular formula is C30H23BrN2O5S. The van der Waals surface area contributed by atoms with Gasteiger partial charge in [0.25, 0.3) is 5.91 Å². The van der Waals surface area contributed by atoms with Crippen molar-refractivity contribution in [2.75, 3.05) is 14.2 Å². The van der Waals surface area contributed by atoms with Crippen molar-refractivity contribution in [2.24, 2.45) is 4.99 Å². The number of carboxylic acids is 1. The number of carbonyl (C=O) groups is 2. The number of halogens is 1. The molecule has 1 saturated heterocycles. The van der Waals surface area contributed by atoms with Gasteiger partial charge in [0.15, 0.2) is 16.7 Å². The Balaban J connectivity index is 1.37. The van der Waals surface area contributed by atoms with E-state index >= 15 is 0 Å². The van der Waals surface area contributed by atoms with Gasteiger partial charge >= 0.3 is 5.97 Å². The zero-order chi connectivity index (χ0) is 27.5. The summed E-state index contributed by atoms with van der Waals surface area (Å²) >= 11 is 4.85. The van der Waals surface area contributed by atoms with E-state index in [1.165, 1.54) is 28.8 Å². The predicted molar refractivity (Wildman–Crippen MR) is 158 cm³/mol. The smallest absolute Gasteiger partial charge is 0.335 e. The second-order valence-corrected chi connectivity index (χ2v) is 10.5. The standard InChI is InChI=1S/C30H23BrN2O5S/c1-33-28(34)27(39-30(33)32-22-12-10-19(11-13-22)29(35)36)15-21-14-25(37-2)26(16-24(21)31)38-17-20-8-5-7-18-6-3-4-9-23(18)20/h3-16H,17H2,1-2H3,(H,35,36)/b27-15-,32-30?. The van der Waals surface area contributed by atoms with Crippen LogP contribution in [0.25, 0.3) is 16.8 Å².